The van der Waals surface area contributed by atoms with Gasteiger partial charge in [-0.15, -0.1) is 0 Å². The molecule has 144 valence electrons. The van der Waals surface area contributed by atoms with Gasteiger partial charge < -0.3 is 9.47 Å². The molecule has 0 saturated carbocycles. The summed E-state index contributed by atoms with van der Waals surface area (Å²) >= 11 is 0. The molecule has 4 rings (SSSR count). The van der Waals surface area contributed by atoms with Crippen LogP contribution in [0.15, 0.2) is 72.8 Å². The van der Waals surface area contributed by atoms with Crippen LogP contribution in [0.5, 0.6) is 5.75 Å². The minimum Gasteiger partial charge on any atom is -0.496 e. The summed E-state index contributed by atoms with van der Waals surface area (Å²) in [5.41, 5.74) is 1.74. The molecule has 0 aromatic heterocycles. The molecule has 0 atom stereocenters. The van der Waals surface area contributed by atoms with E-state index in [1.807, 2.05) is 48.5 Å². The number of carbonyl (C=O) groups excluding carboxylic acids is 2. The summed E-state index contributed by atoms with van der Waals surface area (Å²) < 4.78 is 11.0. The predicted octanol–water partition coefficient (Wildman–Crippen LogP) is 5.56. The summed E-state index contributed by atoms with van der Waals surface area (Å²) in [7, 11) is 1.55. The van der Waals surface area contributed by atoms with Crippen molar-refractivity contribution in [1.29, 1.82) is 0 Å². The molecular weight excluding hydrogens is 364 g/mol. The van der Waals surface area contributed by atoms with E-state index in [2.05, 4.69) is 6.07 Å². The molecule has 0 saturated heterocycles. The second-order valence-electron chi connectivity index (χ2n) is 6.85. The number of ketones is 1. The van der Waals surface area contributed by atoms with E-state index in [-0.39, 0.29) is 12.4 Å². The Bertz CT molecular complexity index is 1190. The van der Waals surface area contributed by atoms with Crippen molar-refractivity contribution in [2.75, 3.05) is 7.11 Å². The second kappa shape index (κ2) is 7.76. The number of carbonyl (C=O) groups is 2. The van der Waals surface area contributed by atoms with Crippen molar-refractivity contribution in [2.45, 2.75) is 13.5 Å². The zero-order valence-corrected chi connectivity index (χ0v) is 16.3. The summed E-state index contributed by atoms with van der Waals surface area (Å²) in [6, 6.07) is 22.7. The van der Waals surface area contributed by atoms with Crippen LogP contribution in [0.2, 0.25) is 0 Å². The van der Waals surface area contributed by atoms with Gasteiger partial charge in [-0.05, 0) is 52.7 Å². The van der Waals surface area contributed by atoms with Crippen molar-refractivity contribution >= 4 is 33.3 Å². The highest BCUT2D eigenvalue weighted by Crippen LogP contribution is 2.30. The number of Topliss-reactive ketones (excluding diaryl/α,β-unsaturated/α-hetero) is 1. The van der Waals surface area contributed by atoms with Crippen LogP contribution < -0.4 is 4.74 Å². The Morgan fingerprint density at radius 3 is 2.03 bits per heavy atom. The van der Waals surface area contributed by atoms with Gasteiger partial charge in [0.05, 0.1) is 12.7 Å². The Hall–Kier alpha value is -3.66. The summed E-state index contributed by atoms with van der Waals surface area (Å²) in [6.07, 6.45) is 0. The minimum atomic E-state index is -0.409. The molecule has 0 N–H and O–H groups in total. The Labute approximate surface area is 168 Å². The van der Waals surface area contributed by atoms with Gasteiger partial charge in [0.2, 0.25) is 0 Å². The second-order valence-corrected chi connectivity index (χ2v) is 6.85. The molecule has 0 spiro atoms. The molecule has 0 fully saturated rings. The molecule has 0 aliphatic rings. The molecule has 4 aromatic carbocycles. The minimum absolute atomic E-state index is 0.0146. The fraction of sp³-hybridized carbons (Fsp3) is 0.120. The SMILES string of the molecule is COc1ccc(C(C)=O)cc1COC(=O)c1c2ccccc2cc2ccccc12. The fourth-order valence-electron chi connectivity index (χ4n) is 3.56. The molecule has 0 radical (unpaired) electrons. The predicted molar refractivity (Wildman–Crippen MR) is 114 cm³/mol. The average molecular weight is 384 g/mol. The topological polar surface area (TPSA) is 52.6 Å². The molecule has 4 heteroatoms. The van der Waals surface area contributed by atoms with E-state index in [1.165, 1.54) is 6.92 Å². The third-order valence-electron chi connectivity index (χ3n) is 5.02. The van der Waals surface area contributed by atoms with E-state index in [9.17, 15) is 9.59 Å². The highest BCUT2D eigenvalue weighted by molar-refractivity contribution is 6.16. The third kappa shape index (κ3) is 3.57. The normalized spacial score (nSPS) is 10.8. The fourth-order valence-corrected chi connectivity index (χ4v) is 3.56. The third-order valence-corrected chi connectivity index (χ3v) is 5.02. The number of hydrogen-bond acceptors (Lipinski definition) is 4. The van der Waals surface area contributed by atoms with Crippen molar-refractivity contribution in [1.82, 2.24) is 0 Å². The van der Waals surface area contributed by atoms with Gasteiger partial charge in [-0.25, -0.2) is 4.79 Å². The molecule has 0 amide bonds. The van der Waals surface area contributed by atoms with Crippen molar-refractivity contribution in [3.63, 3.8) is 0 Å². The summed E-state index contributed by atoms with van der Waals surface area (Å²) in [5.74, 6) is 0.110. The van der Waals surface area contributed by atoms with E-state index in [1.54, 1.807) is 25.3 Å². The van der Waals surface area contributed by atoms with Crippen LogP contribution in [-0.2, 0) is 11.3 Å². The van der Waals surface area contributed by atoms with Crippen LogP contribution in [0.1, 0.15) is 33.2 Å². The lowest BCUT2D eigenvalue weighted by molar-refractivity contribution is 0.0475. The molecular formula is C25H20O4. The van der Waals surface area contributed by atoms with Crippen LogP contribution in [-0.4, -0.2) is 18.9 Å². The van der Waals surface area contributed by atoms with Crippen LogP contribution in [0.4, 0.5) is 0 Å². The van der Waals surface area contributed by atoms with Gasteiger partial charge in [-0.2, -0.15) is 0 Å². The van der Waals surface area contributed by atoms with Crippen molar-refractivity contribution in [3.05, 3.63) is 89.5 Å². The number of rotatable bonds is 5. The van der Waals surface area contributed by atoms with Gasteiger partial charge >= 0.3 is 5.97 Å². The first kappa shape index (κ1) is 18.7. The maximum atomic E-state index is 13.1. The van der Waals surface area contributed by atoms with Gasteiger partial charge in [0.25, 0.3) is 0 Å². The smallest absolute Gasteiger partial charge is 0.339 e. The molecule has 0 heterocycles. The molecule has 4 aromatic rings. The zero-order valence-electron chi connectivity index (χ0n) is 16.3. The van der Waals surface area contributed by atoms with Gasteiger partial charge in [-0.1, -0.05) is 48.5 Å². The number of hydrogen-bond donors (Lipinski definition) is 0. The Morgan fingerprint density at radius 2 is 1.45 bits per heavy atom. The molecule has 4 nitrogen and oxygen atoms in total. The Kier molecular flexibility index (Phi) is 5.00. The van der Waals surface area contributed by atoms with Crippen LogP contribution >= 0.6 is 0 Å². The maximum Gasteiger partial charge on any atom is 0.339 e. The van der Waals surface area contributed by atoms with Crippen molar-refractivity contribution in [2.24, 2.45) is 0 Å². The van der Waals surface area contributed by atoms with E-state index in [0.717, 1.165) is 21.5 Å². The number of benzene rings is 4. The lowest BCUT2D eigenvalue weighted by atomic mass is 9.97. The van der Waals surface area contributed by atoms with Gasteiger partial charge in [-0.3, -0.25) is 4.79 Å². The first-order chi connectivity index (χ1) is 14.1. The van der Waals surface area contributed by atoms with E-state index >= 15 is 0 Å². The number of methoxy groups -OCH3 is 1. The number of fused-ring (bicyclic) bond motifs is 2. The molecule has 0 unspecified atom stereocenters. The average Bonchev–Trinajstić information content (AvgIpc) is 2.75. The van der Waals surface area contributed by atoms with Gasteiger partial charge in [0, 0.05) is 11.1 Å². The monoisotopic (exact) mass is 384 g/mol. The maximum absolute atomic E-state index is 13.1. The first-order valence-electron chi connectivity index (χ1n) is 9.34. The lowest BCUT2D eigenvalue weighted by Crippen LogP contribution is -2.08. The van der Waals surface area contributed by atoms with Gasteiger partial charge in [0.15, 0.2) is 5.78 Å². The molecule has 0 aliphatic carbocycles. The van der Waals surface area contributed by atoms with E-state index in [0.29, 0.717) is 22.4 Å². The standard InChI is InChI=1S/C25H20O4/c1-16(26)17-11-12-23(28-2)20(13-17)15-29-25(27)24-21-9-5-3-7-18(21)14-19-8-4-6-10-22(19)24/h3-14H,15H2,1-2H3. The number of ether oxygens (including phenoxy) is 2. The van der Waals surface area contributed by atoms with Crippen molar-refractivity contribution < 1.29 is 19.1 Å². The molecule has 0 bridgehead atoms. The Morgan fingerprint density at radius 1 is 0.828 bits per heavy atom. The van der Waals surface area contributed by atoms with Crippen LogP contribution in [0.25, 0.3) is 21.5 Å². The molecule has 29 heavy (non-hydrogen) atoms. The quantitative estimate of drug-likeness (QED) is 0.257. The highest BCUT2D eigenvalue weighted by atomic mass is 16.5. The van der Waals surface area contributed by atoms with Gasteiger partial charge in [0.1, 0.15) is 12.4 Å². The number of esters is 1. The zero-order chi connectivity index (χ0) is 20.4. The first-order valence-corrected chi connectivity index (χ1v) is 9.34. The van der Waals surface area contributed by atoms with Crippen LogP contribution in [0, 0.1) is 0 Å². The summed E-state index contributed by atoms with van der Waals surface area (Å²) in [4.78, 5) is 24.8. The van der Waals surface area contributed by atoms with E-state index in [4.69, 9.17) is 9.47 Å². The summed E-state index contributed by atoms with van der Waals surface area (Å²) in [6.45, 7) is 1.51. The largest absolute Gasteiger partial charge is 0.496 e. The summed E-state index contributed by atoms with van der Waals surface area (Å²) in [5, 5.41) is 3.66. The highest BCUT2D eigenvalue weighted by Gasteiger charge is 2.17. The van der Waals surface area contributed by atoms with E-state index < -0.39 is 5.97 Å². The Balaban J connectivity index is 1.73. The lowest BCUT2D eigenvalue weighted by Gasteiger charge is -2.13. The van der Waals surface area contributed by atoms with Crippen LogP contribution in [0.3, 0.4) is 0 Å². The van der Waals surface area contributed by atoms with Crippen molar-refractivity contribution in [3.8, 4) is 5.75 Å². The molecule has 0 aliphatic heterocycles.